The molecule has 2 rings (SSSR count). The van der Waals surface area contributed by atoms with Crippen LogP contribution < -0.4 is 10.1 Å². The van der Waals surface area contributed by atoms with Crippen LogP contribution in [0.3, 0.4) is 0 Å². The minimum Gasteiger partial charge on any atom is -0.455 e. The van der Waals surface area contributed by atoms with E-state index in [1.165, 1.54) is 0 Å². The van der Waals surface area contributed by atoms with Crippen LogP contribution in [0.25, 0.3) is 0 Å². The summed E-state index contributed by atoms with van der Waals surface area (Å²) in [6.45, 7) is 5.24. The smallest absolute Gasteiger partial charge is 0.145 e. The van der Waals surface area contributed by atoms with E-state index in [1.807, 2.05) is 18.2 Å². The van der Waals surface area contributed by atoms with Crippen molar-refractivity contribution in [1.82, 2.24) is 10.3 Å². The molecule has 1 N–H and O–H groups in total. The van der Waals surface area contributed by atoms with Gasteiger partial charge in [0.25, 0.3) is 0 Å². The largest absolute Gasteiger partial charge is 0.455 e. The number of rotatable bonds is 6. The molecular formula is C16H18BrClN2O. The van der Waals surface area contributed by atoms with Gasteiger partial charge in [-0.2, -0.15) is 0 Å². The second-order valence-corrected chi connectivity index (χ2v) is 6.06. The first-order valence-corrected chi connectivity index (χ1v) is 8.09. The first-order chi connectivity index (χ1) is 10.1. The molecule has 0 bridgehead atoms. The summed E-state index contributed by atoms with van der Waals surface area (Å²) in [5.41, 5.74) is 1.01. The molecule has 0 saturated carbocycles. The van der Waals surface area contributed by atoms with E-state index in [1.54, 1.807) is 18.3 Å². The molecule has 0 spiro atoms. The van der Waals surface area contributed by atoms with Gasteiger partial charge in [-0.3, -0.25) is 4.98 Å². The van der Waals surface area contributed by atoms with Crippen LogP contribution in [-0.4, -0.2) is 11.5 Å². The minimum absolute atomic E-state index is 0.237. The van der Waals surface area contributed by atoms with Crippen LogP contribution in [0.2, 0.25) is 5.02 Å². The summed E-state index contributed by atoms with van der Waals surface area (Å²) in [6, 6.07) is 9.56. The number of ether oxygens (including phenoxy) is 1. The summed E-state index contributed by atoms with van der Waals surface area (Å²) >= 11 is 9.34. The van der Waals surface area contributed by atoms with Gasteiger partial charge < -0.3 is 10.1 Å². The highest BCUT2D eigenvalue weighted by Crippen LogP contribution is 2.31. The van der Waals surface area contributed by atoms with Crippen molar-refractivity contribution in [2.75, 3.05) is 6.54 Å². The molecule has 0 aliphatic carbocycles. The molecular weight excluding hydrogens is 352 g/mol. The Labute approximate surface area is 138 Å². The van der Waals surface area contributed by atoms with Crippen molar-refractivity contribution < 1.29 is 4.74 Å². The molecule has 0 fully saturated rings. The van der Waals surface area contributed by atoms with E-state index in [4.69, 9.17) is 16.3 Å². The molecule has 0 radical (unpaired) electrons. The molecule has 1 atom stereocenters. The Morgan fingerprint density at radius 2 is 2.14 bits per heavy atom. The molecule has 3 nitrogen and oxygen atoms in total. The van der Waals surface area contributed by atoms with Crippen LogP contribution >= 0.6 is 27.5 Å². The highest BCUT2D eigenvalue weighted by atomic mass is 79.9. The lowest BCUT2D eigenvalue weighted by Crippen LogP contribution is -2.20. The van der Waals surface area contributed by atoms with Crippen molar-refractivity contribution in [3.63, 3.8) is 0 Å². The zero-order valence-corrected chi connectivity index (χ0v) is 14.4. The predicted molar refractivity (Wildman–Crippen MR) is 90.2 cm³/mol. The Hall–Kier alpha value is -1.10. The summed E-state index contributed by atoms with van der Waals surface area (Å²) in [5, 5.41) is 4.07. The number of halogens is 2. The maximum atomic E-state index is 5.91. The summed E-state index contributed by atoms with van der Waals surface area (Å²) in [5.74, 6) is 1.41. The molecule has 0 amide bonds. The number of pyridine rings is 1. The van der Waals surface area contributed by atoms with Gasteiger partial charge >= 0.3 is 0 Å². The van der Waals surface area contributed by atoms with Crippen molar-refractivity contribution in [2.45, 2.75) is 26.3 Å². The highest BCUT2D eigenvalue weighted by molar-refractivity contribution is 9.10. The third kappa shape index (κ3) is 4.70. The normalized spacial score (nSPS) is 12.2. The van der Waals surface area contributed by atoms with Gasteiger partial charge in [-0.25, -0.2) is 0 Å². The zero-order valence-electron chi connectivity index (χ0n) is 12.1. The maximum absolute atomic E-state index is 5.91. The van der Waals surface area contributed by atoms with E-state index in [0.717, 1.165) is 23.1 Å². The SMILES string of the molecule is CCCNC(C)c1ccc(Oc2ccc(Cl)cc2Br)cn1. The Morgan fingerprint density at radius 1 is 1.33 bits per heavy atom. The average molecular weight is 370 g/mol. The van der Waals surface area contributed by atoms with E-state index in [-0.39, 0.29) is 6.04 Å². The molecule has 112 valence electrons. The van der Waals surface area contributed by atoms with Gasteiger partial charge in [-0.05, 0) is 66.2 Å². The van der Waals surface area contributed by atoms with Crippen LogP contribution in [0.4, 0.5) is 0 Å². The van der Waals surface area contributed by atoms with Gasteiger partial charge in [0, 0.05) is 11.1 Å². The van der Waals surface area contributed by atoms with Crippen LogP contribution in [0.1, 0.15) is 32.0 Å². The average Bonchev–Trinajstić information content (AvgIpc) is 2.48. The quantitative estimate of drug-likeness (QED) is 0.745. The minimum atomic E-state index is 0.237. The zero-order chi connectivity index (χ0) is 15.2. The van der Waals surface area contributed by atoms with E-state index >= 15 is 0 Å². The van der Waals surface area contributed by atoms with Gasteiger partial charge in [0.2, 0.25) is 0 Å². The Kier molecular flexibility index (Phi) is 6.03. The molecule has 2 aromatic rings. The molecule has 1 heterocycles. The molecule has 1 aromatic carbocycles. The second kappa shape index (κ2) is 7.78. The molecule has 0 aliphatic heterocycles. The highest BCUT2D eigenvalue weighted by Gasteiger charge is 2.07. The Bertz CT molecular complexity index is 589. The van der Waals surface area contributed by atoms with Gasteiger partial charge in [0.1, 0.15) is 11.5 Å². The van der Waals surface area contributed by atoms with E-state index in [0.29, 0.717) is 16.5 Å². The first kappa shape index (κ1) is 16.3. The number of benzene rings is 1. The number of aromatic nitrogens is 1. The van der Waals surface area contributed by atoms with Gasteiger partial charge in [-0.1, -0.05) is 18.5 Å². The van der Waals surface area contributed by atoms with Crippen LogP contribution in [-0.2, 0) is 0 Å². The maximum Gasteiger partial charge on any atom is 0.145 e. The summed E-state index contributed by atoms with van der Waals surface area (Å²) in [7, 11) is 0. The Balaban J connectivity index is 2.05. The van der Waals surface area contributed by atoms with Crippen molar-refractivity contribution >= 4 is 27.5 Å². The number of nitrogens with zero attached hydrogens (tertiary/aromatic N) is 1. The van der Waals surface area contributed by atoms with Crippen molar-refractivity contribution in [1.29, 1.82) is 0 Å². The molecule has 0 saturated heterocycles. The van der Waals surface area contributed by atoms with Crippen molar-refractivity contribution in [3.05, 3.63) is 51.7 Å². The standard InChI is InChI=1S/C16H18BrClN2O/c1-3-8-19-11(2)15-6-5-13(10-20-15)21-16-7-4-12(18)9-14(16)17/h4-7,9-11,19H,3,8H2,1-2H3. The lowest BCUT2D eigenvalue weighted by molar-refractivity contribution is 0.475. The van der Waals surface area contributed by atoms with Gasteiger partial charge in [0.05, 0.1) is 16.4 Å². The fraction of sp³-hybridized carbons (Fsp3) is 0.312. The lowest BCUT2D eigenvalue weighted by atomic mass is 10.2. The monoisotopic (exact) mass is 368 g/mol. The predicted octanol–water partition coefficient (Wildman–Crippen LogP) is 5.35. The molecule has 5 heteroatoms. The second-order valence-electron chi connectivity index (χ2n) is 4.77. The van der Waals surface area contributed by atoms with Crippen LogP contribution in [0.15, 0.2) is 41.0 Å². The van der Waals surface area contributed by atoms with E-state index in [2.05, 4.69) is 40.1 Å². The number of hydrogen-bond donors (Lipinski definition) is 1. The van der Waals surface area contributed by atoms with E-state index in [9.17, 15) is 0 Å². The third-order valence-electron chi connectivity index (χ3n) is 3.03. The summed E-state index contributed by atoms with van der Waals surface area (Å²) < 4.78 is 6.61. The lowest BCUT2D eigenvalue weighted by Gasteiger charge is -2.13. The molecule has 21 heavy (non-hydrogen) atoms. The van der Waals surface area contributed by atoms with Crippen molar-refractivity contribution in [3.8, 4) is 11.5 Å². The topological polar surface area (TPSA) is 34.1 Å². The summed E-state index contributed by atoms with van der Waals surface area (Å²) in [6.07, 6.45) is 2.84. The van der Waals surface area contributed by atoms with Crippen LogP contribution in [0, 0.1) is 0 Å². The van der Waals surface area contributed by atoms with Gasteiger partial charge in [-0.15, -0.1) is 0 Å². The van der Waals surface area contributed by atoms with E-state index < -0.39 is 0 Å². The fourth-order valence-corrected chi connectivity index (χ4v) is 2.62. The molecule has 1 unspecified atom stereocenters. The third-order valence-corrected chi connectivity index (χ3v) is 3.88. The Morgan fingerprint density at radius 3 is 2.76 bits per heavy atom. The summed E-state index contributed by atoms with van der Waals surface area (Å²) in [4.78, 5) is 4.45. The van der Waals surface area contributed by atoms with Crippen molar-refractivity contribution in [2.24, 2.45) is 0 Å². The number of nitrogens with one attached hydrogen (secondary N) is 1. The van der Waals surface area contributed by atoms with Crippen LogP contribution in [0.5, 0.6) is 11.5 Å². The fourth-order valence-electron chi connectivity index (χ4n) is 1.86. The van der Waals surface area contributed by atoms with Gasteiger partial charge in [0.15, 0.2) is 0 Å². The molecule has 0 aliphatic rings. The number of hydrogen-bond acceptors (Lipinski definition) is 3. The molecule has 1 aromatic heterocycles. The first-order valence-electron chi connectivity index (χ1n) is 6.92.